The maximum absolute atomic E-state index is 13.4. The molecule has 0 spiro atoms. The number of carbonyl (C=O) groups is 1. The summed E-state index contributed by atoms with van der Waals surface area (Å²) in [6.07, 6.45) is 0. The van der Waals surface area contributed by atoms with Crippen LogP contribution in [0.5, 0.6) is 0 Å². The first-order chi connectivity index (χ1) is 11.4. The fourth-order valence-corrected chi connectivity index (χ4v) is 3.44. The Bertz CT molecular complexity index is 887. The molecule has 0 fully saturated rings. The molecule has 0 saturated carbocycles. The van der Waals surface area contributed by atoms with Gasteiger partial charge in [-0.25, -0.2) is 4.39 Å². The molecule has 0 aliphatic rings. The number of hydrogen-bond donors (Lipinski definition) is 2. The molecule has 0 bridgehead atoms. The van der Waals surface area contributed by atoms with Gasteiger partial charge in [-0.1, -0.05) is 12.1 Å². The van der Waals surface area contributed by atoms with E-state index in [-0.39, 0.29) is 17.5 Å². The highest BCUT2D eigenvalue weighted by molar-refractivity contribution is 5.97. The van der Waals surface area contributed by atoms with Crippen molar-refractivity contribution in [1.29, 1.82) is 0 Å². The Morgan fingerprint density at radius 3 is 2.17 bits per heavy atom. The molecule has 2 heterocycles. The fraction of sp³-hybridized carbons (Fsp3) is 0.250. The molecule has 3 aromatic rings. The van der Waals surface area contributed by atoms with Crippen LogP contribution in [-0.2, 0) is 0 Å². The van der Waals surface area contributed by atoms with Crippen molar-refractivity contribution >= 4 is 5.78 Å². The lowest BCUT2D eigenvalue weighted by atomic mass is 9.89. The Morgan fingerprint density at radius 2 is 1.67 bits per heavy atom. The molecule has 0 aliphatic heterocycles. The molecule has 4 heteroatoms. The minimum absolute atomic E-state index is 0.0491. The summed E-state index contributed by atoms with van der Waals surface area (Å²) in [5.74, 6) is -0.317. The first-order valence-electron chi connectivity index (χ1n) is 7.99. The smallest absolute Gasteiger partial charge is 0.161 e. The quantitative estimate of drug-likeness (QED) is 0.666. The second-order valence-electron chi connectivity index (χ2n) is 6.30. The van der Waals surface area contributed by atoms with E-state index in [0.29, 0.717) is 0 Å². The number of ketones is 1. The summed E-state index contributed by atoms with van der Waals surface area (Å²) in [7, 11) is 0. The van der Waals surface area contributed by atoms with E-state index < -0.39 is 0 Å². The summed E-state index contributed by atoms with van der Waals surface area (Å²) in [5.41, 5.74) is 6.56. The number of carbonyl (C=O) groups excluding carboxylic acids is 1. The average Bonchev–Trinajstić information content (AvgIpc) is 3.06. The fourth-order valence-electron chi connectivity index (χ4n) is 3.44. The highest BCUT2D eigenvalue weighted by Gasteiger charge is 2.25. The van der Waals surface area contributed by atoms with E-state index in [1.54, 1.807) is 19.1 Å². The summed E-state index contributed by atoms with van der Waals surface area (Å²) >= 11 is 0. The van der Waals surface area contributed by atoms with Crippen molar-refractivity contribution in [2.75, 3.05) is 0 Å². The number of Topliss-reactive ketones (excluding diaryl/α,β-unsaturated/α-hetero) is 1. The van der Waals surface area contributed by atoms with Crippen molar-refractivity contribution < 1.29 is 9.18 Å². The van der Waals surface area contributed by atoms with Crippen molar-refractivity contribution in [2.45, 2.75) is 33.6 Å². The van der Waals surface area contributed by atoms with Crippen LogP contribution in [0.25, 0.3) is 0 Å². The van der Waals surface area contributed by atoms with Gasteiger partial charge < -0.3 is 9.97 Å². The highest BCUT2D eigenvalue weighted by Crippen LogP contribution is 2.35. The van der Waals surface area contributed by atoms with Crippen LogP contribution in [0, 0.1) is 26.6 Å². The third kappa shape index (κ3) is 2.80. The highest BCUT2D eigenvalue weighted by atomic mass is 19.1. The summed E-state index contributed by atoms with van der Waals surface area (Å²) in [6, 6.07) is 10.6. The van der Waals surface area contributed by atoms with Gasteiger partial charge in [0, 0.05) is 28.3 Å². The molecule has 24 heavy (non-hydrogen) atoms. The van der Waals surface area contributed by atoms with E-state index >= 15 is 0 Å². The molecule has 0 radical (unpaired) electrons. The van der Waals surface area contributed by atoms with Crippen LogP contribution in [0.1, 0.15) is 57.1 Å². The maximum atomic E-state index is 13.4. The van der Waals surface area contributed by atoms with Gasteiger partial charge in [0.1, 0.15) is 5.82 Å². The molecular formula is C20H21FN2O. The number of H-pyrrole nitrogens is 2. The van der Waals surface area contributed by atoms with Gasteiger partial charge >= 0.3 is 0 Å². The predicted molar refractivity (Wildman–Crippen MR) is 93.1 cm³/mol. The number of aromatic nitrogens is 2. The van der Waals surface area contributed by atoms with Crippen LogP contribution in [0.15, 0.2) is 36.4 Å². The number of rotatable bonds is 4. The van der Waals surface area contributed by atoms with Gasteiger partial charge in [-0.15, -0.1) is 0 Å². The Morgan fingerprint density at radius 1 is 1.00 bits per heavy atom. The Balaban J connectivity index is 2.21. The van der Waals surface area contributed by atoms with E-state index in [0.717, 1.165) is 39.5 Å². The molecular weight excluding hydrogens is 303 g/mol. The third-order valence-electron chi connectivity index (χ3n) is 4.49. The van der Waals surface area contributed by atoms with Crippen LogP contribution in [-0.4, -0.2) is 15.8 Å². The van der Waals surface area contributed by atoms with Gasteiger partial charge in [-0.3, -0.25) is 4.79 Å². The average molecular weight is 324 g/mol. The van der Waals surface area contributed by atoms with Gasteiger partial charge in [0.25, 0.3) is 0 Å². The van der Waals surface area contributed by atoms with Crippen molar-refractivity contribution in [3.05, 3.63) is 81.7 Å². The SMILES string of the molecule is CC(=O)c1c(C)[nH]c(C(c2ccc(F)cc2)c2ccc(C)[nH]2)c1C. The minimum Gasteiger partial charge on any atom is -0.362 e. The Labute approximate surface area is 140 Å². The van der Waals surface area contributed by atoms with Crippen molar-refractivity contribution in [1.82, 2.24) is 9.97 Å². The van der Waals surface area contributed by atoms with Crippen molar-refractivity contribution in [2.24, 2.45) is 0 Å². The lowest BCUT2D eigenvalue weighted by Gasteiger charge is -2.17. The Hall–Kier alpha value is -2.62. The molecule has 0 aliphatic carbocycles. The number of aryl methyl sites for hydroxylation is 2. The number of nitrogens with one attached hydrogen (secondary N) is 2. The molecule has 3 nitrogen and oxygen atoms in total. The number of aromatic amines is 2. The van der Waals surface area contributed by atoms with Crippen LogP contribution < -0.4 is 0 Å². The molecule has 0 amide bonds. The molecule has 3 rings (SSSR count). The standard InChI is InChI=1S/C20H21FN2O/c1-11-5-10-17(22-11)19(15-6-8-16(21)9-7-15)20-12(2)18(14(4)24)13(3)23-20/h5-10,19,22-23H,1-4H3. The zero-order valence-electron chi connectivity index (χ0n) is 14.3. The number of halogens is 1. The lowest BCUT2D eigenvalue weighted by Crippen LogP contribution is -2.07. The normalized spacial score (nSPS) is 12.4. The third-order valence-corrected chi connectivity index (χ3v) is 4.49. The van der Waals surface area contributed by atoms with Crippen LogP contribution in [0.4, 0.5) is 4.39 Å². The first-order valence-corrected chi connectivity index (χ1v) is 7.99. The molecule has 2 aromatic heterocycles. The topological polar surface area (TPSA) is 48.6 Å². The summed E-state index contributed by atoms with van der Waals surface area (Å²) in [6.45, 7) is 7.45. The molecule has 1 atom stereocenters. The van der Waals surface area contributed by atoms with E-state index in [4.69, 9.17) is 0 Å². The molecule has 124 valence electrons. The van der Waals surface area contributed by atoms with E-state index in [1.807, 2.05) is 32.9 Å². The van der Waals surface area contributed by atoms with E-state index in [9.17, 15) is 9.18 Å². The zero-order chi connectivity index (χ0) is 17.4. The molecule has 1 unspecified atom stereocenters. The second kappa shape index (κ2) is 6.11. The van der Waals surface area contributed by atoms with E-state index in [1.165, 1.54) is 12.1 Å². The number of benzene rings is 1. The van der Waals surface area contributed by atoms with Gasteiger partial charge in [-0.05, 0) is 63.1 Å². The number of hydrogen-bond acceptors (Lipinski definition) is 1. The molecule has 1 aromatic carbocycles. The zero-order valence-corrected chi connectivity index (χ0v) is 14.3. The Kier molecular flexibility index (Phi) is 4.14. The van der Waals surface area contributed by atoms with E-state index in [2.05, 4.69) is 9.97 Å². The largest absolute Gasteiger partial charge is 0.362 e. The van der Waals surface area contributed by atoms with Gasteiger partial charge in [0.2, 0.25) is 0 Å². The molecule has 2 N–H and O–H groups in total. The van der Waals surface area contributed by atoms with Crippen molar-refractivity contribution in [3.63, 3.8) is 0 Å². The van der Waals surface area contributed by atoms with Crippen molar-refractivity contribution in [3.8, 4) is 0 Å². The van der Waals surface area contributed by atoms with Gasteiger partial charge in [-0.2, -0.15) is 0 Å². The van der Waals surface area contributed by atoms with Crippen LogP contribution in [0.3, 0.4) is 0 Å². The van der Waals surface area contributed by atoms with Crippen LogP contribution in [0.2, 0.25) is 0 Å². The summed E-state index contributed by atoms with van der Waals surface area (Å²) in [5, 5.41) is 0. The monoisotopic (exact) mass is 324 g/mol. The maximum Gasteiger partial charge on any atom is 0.161 e. The summed E-state index contributed by atoms with van der Waals surface area (Å²) in [4.78, 5) is 18.7. The first kappa shape index (κ1) is 16.2. The van der Waals surface area contributed by atoms with Gasteiger partial charge in [0.05, 0.1) is 5.92 Å². The van der Waals surface area contributed by atoms with Gasteiger partial charge in [0.15, 0.2) is 5.78 Å². The predicted octanol–water partition coefficient (Wildman–Crippen LogP) is 4.79. The van der Waals surface area contributed by atoms with Crippen LogP contribution >= 0.6 is 0 Å². The second-order valence-corrected chi connectivity index (χ2v) is 6.30. The minimum atomic E-state index is -0.260. The summed E-state index contributed by atoms with van der Waals surface area (Å²) < 4.78 is 13.4. The molecule has 0 saturated heterocycles. The lowest BCUT2D eigenvalue weighted by molar-refractivity contribution is 0.101.